The molecule has 2 N–H and O–H groups in total. The summed E-state index contributed by atoms with van der Waals surface area (Å²) < 4.78 is 21.3. The van der Waals surface area contributed by atoms with Gasteiger partial charge >= 0.3 is 7.12 Å². The molecule has 8 nitrogen and oxygen atoms in total. The minimum atomic E-state index is -1.41. The van der Waals surface area contributed by atoms with Crippen molar-refractivity contribution >= 4 is 35.2 Å². The number of aromatic nitrogens is 2. The van der Waals surface area contributed by atoms with E-state index in [9.17, 15) is 0 Å². The molecule has 4 rings (SSSR count). The topological polar surface area (TPSA) is 111 Å². The minimum absolute atomic E-state index is 0. The van der Waals surface area contributed by atoms with E-state index in [0.717, 1.165) is 60.0 Å². The van der Waals surface area contributed by atoms with Gasteiger partial charge in [0, 0.05) is 5.56 Å². The minimum Gasteiger partial charge on any atom is -0.496 e. The van der Waals surface area contributed by atoms with Crippen molar-refractivity contribution in [2.24, 2.45) is 0 Å². The molecule has 0 aliphatic heterocycles. The van der Waals surface area contributed by atoms with Crippen LogP contribution in [0.3, 0.4) is 0 Å². The summed E-state index contributed by atoms with van der Waals surface area (Å²) in [5.74, 6) is 3.41. The lowest BCUT2D eigenvalue weighted by molar-refractivity contribution is 0.396. The van der Waals surface area contributed by atoms with Crippen molar-refractivity contribution < 1.29 is 28.6 Å². The summed E-state index contributed by atoms with van der Waals surface area (Å²) in [6.07, 6.45) is 3.44. The Morgan fingerprint density at radius 2 is 1.22 bits per heavy atom. The summed E-state index contributed by atoms with van der Waals surface area (Å²) in [7, 11) is 1.87. The van der Waals surface area contributed by atoms with E-state index in [-0.39, 0.29) is 7.43 Å². The van der Waals surface area contributed by atoms with E-state index in [1.807, 2.05) is 40.7 Å². The third-order valence-electron chi connectivity index (χ3n) is 5.54. The normalized spacial score (nSPS) is 9.81. The Morgan fingerprint density at radius 1 is 0.703 bits per heavy atom. The highest BCUT2D eigenvalue weighted by Gasteiger charge is 2.15. The molecule has 4 aromatic rings. The molecule has 0 saturated carbocycles. The first-order chi connectivity index (χ1) is 17.0. The van der Waals surface area contributed by atoms with E-state index in [1.165, 1.54) is 0 Å². The van der Waals surface area contributed by atoms with Gasteiger partial charge in [0.2, 0.25) is 0 Å². The van der Waals surface area contributed by atoms with Crippen molar-refractivity contribution in [1.29, 1.82) is 0 Å². The van der Waals surface area contributed by atoms with E-state index in [2.05, 4.69) is 45.9 Å². The summed E-state index contributed by atoms with van der Waals surface area (Å²) in [4.78, 5) is 0. The molecule has 0 radical (unpaired) electrons. The van der Waals surface area contributed by atoms with Crippen LogP contribution in [0.2, 0.25) is 0 Å². The van der Waals surface area contributed by atoms with Crippen molar-refractivity contribution in [3.63, 3.8) is 0 Å². The number of benzene rings is 2. The number of hydrogen-bond acceptors (Lipinski definition) is 8. The van der Waals surface area contributed by atoms with Crippen LogP contribution in [0.4, 0.5) is 0 Å². The SMILES string of the molecule is C.COc1cc(C)c(-c2cnoc2C)cc1C.COc1cc(C)c(B(O)O)cc1C.Cc1oncc1I. The molecule has 2 aromatic carbocycles. The van der Waals surface area contributed by atoms with Crippen LogP contribution in [0.25, 0.3) is 11.1 Å². The Morgan fingerprint density at radius 3 is 1.62 bits per heavy atom. The van der Waals surface area contributed by atoms with E-state index in [4.69, 9.17) is 28.6 Å². The lowest BCUT2D eigenvalue weighted by Gasteiger charge is -2.10. The number of rotatable bonds is 4. The van der Waals surface area contributed by atoms with Crippen LogP contribution >= 0.6 is 22.6 Å². The first-order valence-electron chi connectivity index (χ1n) is 11.1. The number of ether oxygens (including phenoxy) is 2. The summed E-state index contributed by atoms with van der Waals surface area (Å²) >= 11 is 2.16. The third-order valence-corrected chi connectivity index (χ3v) is 6.57. The van der Waals surface area contributed by atoms with Crippen LogP contribution in [0.5, 0.6) is 11.5 Å². The maximum absolute atomic E-state index is 9.01. The monoisotopic (exact) mass is 622 g/mol. The van der Waals surface area contributed by atoms with Crippen molar-refractivity contribution in [2.45, 2.75) is 49.0 Å². The van der Waals surface area contributed by atoms with Gasteiger partial charge in [-0.05, 0) is 116 Å². The standard InChI is InChI=1S/C13H15NO2.C9H13BO3.C4H4INO.CH4/c1-8-6-13(15-4)9(2)5-11(8)12-7-14-16-10(12)3;1-6-5-9(13-3)7(2)4-8(6)10(11)12;1-3-4(5)2-6-7-3;/h5-7H,1-4H3;4-5,11-12H,1-3H3;2H,1H3;1H4. The molecule has 10 heteroatoms. The van der Waals surface area contributed by atoms with Gasteiger partial charge < -0.3 is 28.6 Å². The largest absolute Gasteiger partial charge is 0.496 e. The molecule has 37 heavy (non-hydrogen) atoms. The lowest BCUT2D eigenvalue weighted by atomic mass is 9.76. The van der Waals surface area contributed by atoms with Gasteiger partial charge in [-0.15, -0.1) is 0 Å². The molecule has 0 saturated heterocycles. The number of methoxy groups -OCH3 is 2. The zero-order valence-electron chi connectivity index (χ0n) is 21.8. The van der Waals surface area contributed by atoms with Crippen LogP contribution in [0.1, 0.15) is 41.2 Å². The maximum atomic E-state index is 9.01. The summed E-state index contributed by atoms with van der Waals surface area (Å²) in [5.41, 5.74) is 6.71. The fraction of sp³-hybridized carbons (Fsp3) is 0.333. The first kappa shape index (κ1) is 32.2. The molecule has 0 fully saturated rings. The number of hydrogen-bond donors (Lipinski definition) is 2. The van der Waals surface area contributed by atoms with Gasteiger partial charge in [-0.1, -0.05) is 23.8 Å². The van der Waals surface area contributed by atoms with Crippen molar-refractivity contribution in [3.8, 4) is 22.6 Å². The van der Waals surface area contributed by atoms with Gasteiger partial charge in [0.05, 0.1) is 30.2 Å². The van der Waals surface area contributed by atoms with Crippen molar-refractivity contribution in [2.75, 3.05) is 14.2 Å². The molecule has 0 bridgehead atoms. The highest BCUT2D eigenvalue weighted by molar-refractivity contribution is 14.1. The zero-order valence-corrected chi connectivity index (χ0v) is 24.0. The summed E-state index contributed by atoms with van der Waals surface area (Å²) in [6.45, 7) is 11.6. The van der Waals surface area contributed by atoms with Crippen LogP contribution in [-0.4, -0.2) is 41.7 Å². The molecule has 0 aliphatic carbocycles. The van der Waals surface area contributed by atoms with Crippen LogP contribution in [0.15, 0.2) is 45.7 Å². The molecule has 2 heterocycles. The van der Waals surface area contributed by atoms with Gasteiger partial charge in [-0.2, -0.15) is 0 Å². The number of halogens is 1. The first-order valence-corrected chi connectivity index (χ1v) is 12.2. The Labute approximate surface area is 233 Å². The Balaban J connectivity index is 0.000000293. The van der Waals surface area contributed by atoms with Crippen LogP contribution in [0, 0.1) is 45.1 Å². The van der Waals surface area contributed by atoms with E-state index < -0.39 is 7.12 Å². The van der Waals surface area contributed by atoms with E-state index in [1.54, 1.807) is 38.7 Å². The van der Waals surface area contributed by atoms with Gasteiger partial charge in [0.1, 0.15) is 23.0 Å². The van der Waals surface area contributed by atoms with Gasteiger partial charge in [0.15, 0.2) is 0 Å². The Kier molecular flexibility index (Phi) is 12.9. The quantitative estimate of drug-likeness (QED) is 0.227. The summed E-state index contributed by atoms with van der Waals surface area (Å²) in [6, 6.07) is 7.66. The Bertz CT molecular complexity index is 1270. The average molecular weight is 622 g/mol. The molecule has 0 amide bonds. The van der Waals surface area contributed by atoms with Crippen LogP contribution in [-0.2, 0) is 0 Å². The zero-order chi connectivity index (χ0) is 27.0. The molecular formula is C27H36BIN2O6. The number of nitrogens with zero attached hydrogens (tertiary/aromatic N) is 2. The van der Waals surface area contributed by atoms with E-state index >= 15 is 0 Å². The molecular weight excluding hydrogens is 586 g/mol. The van der Waals surface area contributed by atoms with Crippen LogP contribution < -0.4 is 14.9 Å². The van der Waals surface area contributed by atoms with Gasteiger partial charge in [-0.25, -0.2) is 0 Å². The Hall–Kier alpha value is -2.83. The highest BCUT2D eigenvalue weighted by atomic mass is 127. The molecule has 0 unspecified atom stereocenters. The van der Waals surface area contributed by atoms with E-state index in [0.29, 0.717) is 5.46 Å². The molecule has 0 spiro atoms. The summed E-state index contributed by atoms with van der Waals surface area (Å²) in [5, 5.41) is 25.4. The molecule has 2 aromatic heterocycles. The number of aryl methyl sites for hydroxylation is 6. The predicted octanol–water partition coefficient (Wildman–Crippen LogP) is 5.49. The lowest BCUT2D eigenvalue weighted by Crippen LogP contribution is -2.32. The average Bonchev–Trinajstić information content (AvgIpc) is 3.43. The smallest absolute Gasteiger partial charge is 0.488 e. The molecule has 0 atom stereocenters. The second-order valence-corrected chi connectivity index (χ2v) is 9.38. The van der Waals surface area contributed by atoms with Crippen molar-refractivity contribution in [3.05, 3.63) is 74.0 Å². The van der Waals surface area contributed by atoms with Crippen molar-refractivity contribution in [1.82, 2.24) is 10.3 Å². The second-order valence-electron chi connectivity index (χ2n) is 8.21. The highest BCUT2D eigenvalue weighted by Crippen LogP contribution is 2.31. The molecule has 0 aliphatic rings. The fourth-order valence-electron chi connectivity index (χ4n) is 3.45. The maximum Gasteiger partial charge on any atom is 0.488 e. The molecule has 200 valence electrons. The van der Waals surface area contributed by atoms with Gasteiger partial charge in [-0.3, -0.25) is 0 Å². The fourth-order valence-corrected chi connectivity index (χ4v) is 3.67. The predicted molar refractivity (Wildman–Crippen MR) is 156 cm³/mol. The third kappa shape index (κ3) is 8.62. The second kappa shape index (κ2) is 14.8. The van der Waals surface area contributed by atoms with Gasteiger partial charge in [0.25, 0.3) is 0 Å².